The van der Waals surface area contributed by atoms with Crippen LogP contribution >= 0.6 is 0 Å². The zero-order valence-electron chi connectivity index (χ0n) is 16.0. The lowest BCUT2D eigenvalue weighted by Gasteiger charge is -2.36. The zero-order chi connectivity index (χ0) is 19.3. The van der Waals surface area contributed by atoms with Crippen molar-refractivity contribution in [1.29, 1.82) is 0 Å². The lowest BCUT2D eigenvalue weighted by atomic mass is 10.2. The summed E-state index contributed by atoms with van der Waals surface area (Å²) in [4.78, 5) is 17.0. The van der Waals surface area contributed by atoms with E-state index in [0.717, 1.165) is 38.4 Å². The number of aryl methyl sites for hydroxylation is 1. The largest absolute Gasteiger partial charge is 0.369 e. The number of benzene rings is 2. The van der Waals surface area contributed by atoms with Gasteiger partial charge in [-0.25, -0.2) is 0 Å². The van der Waals surface area contributed by atoms with E-state index in [9.17, 15) is 4.79 Å². The molecule has 0 aliphatic carbocycles. The fraction of sp³-hybridized carbons (Fsp3) is 0.273. The minimum Gasteiger partial charge on any atom is -0.369 e. The van der Waals surface area contributed by atoms with Crippen LogP contribution in [-0.2, 0) is 6.54 Å². The molecule has 144 valence electrons. The number of rotatable bonds is 5. The monoisotopic (exact) mass is 376 g/mol. The average molecular weight is 376 g/mol. The van der Waals surface area contributed by atoms with E-state index in [2.05, 4.69) is 50.6 Å². The molecular formula is C22H24N4O2. The first-order chi connectivity index (χ1) is 13.7. The van der Waals surface area contributed by atoms with E-state index in [1.165, 1.54) is 11.3 Å². The summed E-state index contributed by atoms with van der Waals surface area (Å²) in [6, 6.07) is 20.2. The van der Waals surface area contributed by atoms with Crippen LogP contribution in [0.5, 0.6) is 0 Å². The van der Waals surface area contributed by atoms with Crippen LogP contribution in [0.4, 0.5) is 11.4 Å². The smallest absolute Gasteiger partial charge is 0.294 e. The van der Waals surface area contributed by atoms with Gasteiger partial charge < -0.3 is 14.7 Å². The van der Waals surface area contributed by atoms with E-state index in [4.69, 9.17) is 4.52 Å². The van der Waals surface area contributed by atoms with Gasteiger partial charge in [-0.1, -0.05) is 35.5 Å². The molecular weight excluding hydrogens is 352 g/mol. The third-order valence-electron chi connectivity index (χ3n) is 4.96. The van der Waals surface area contributed by atoms with E-state index >= 15 is 0 Å². The van der Waals surface area contributed by atoms with Crippen molar-refractivity contribution in [3.05, 3.63) is 77.7 Å². The molecule has 1 fully saturated rings. The van der Waals surface area contributed by atoms with Crippen LogP contribution in [0.2, 0.25) is 0 Å². The summed E-state index contributed by atoms with van der Waals surface area (Å²) in [5.74, 6) is -0.0704. The minimum atomic E-state index is -0.289. The number of hydrogen-bond donors (Lipinski definition) is 1. The van der Waals surface area contributed by atoms with Crippen molar-refractivity contribution in [1.82, 2.24) is 10.1 Å². The minimum absolute atomic E-state index is 0.219. The molecule has 28 heavy (non-hydrogen) atoms. The zero-order valence-corrected chi connectivity index (χ0v) is 16.0. The maximum absolute atomic E-state index is 12.1. The second-order valence-corrected chi connectivity index (χ2v) is 7.08. The highest BCUT2D eigenvalue weighted by Gasteiger charge is 2.17. The fourth-order valence-corrected chi connectivity index (χ4v) is 3.42. The maximum Gasteiger partial charge on any atom is 0.294 e. The van der Waals surface area contributed by atoms with Crippen molar-refractivity contribution in [3.8, 4) is 0 Å². The van der Waals surface area contributed by atoms with Gasteiger partial charge in [0.05, 0.1) is 5.69 Å². The topological polar surface area (TPSA) is 61.6 Å². The molecule has 1 aliphatic rings. The Labute approximate surface area is 164 Å². The van der Waals surface area contributed by atoms with Crippen LogP contribution in [-0.4, -0.2) is 42.1 Å². The summed E-state index contributed by atoms with van der Waals surface area (Å²) in [6.45, 7) is 6.86. The van der Waals surface area contributed by atoms with Crippen molar-refractivity contribution in [2.75, 3.05) is 36.4 Å². The molecule has 6 nitrogen and oxygen atoms in total. The highest BCUT2D eigenvalue weighted by Crippen LogP contribution is 2.20. The molecule has 1 amide bonds. The standard InChI is InChI=1S/C22H24N4O2/c1-17-15-21(28-24-17)22(27)23-19-7-9-20(10-8-19)26-13-11-25(12-14-26)16-18-5-3-2-4-6-18/h2-10,15H,11-14,16H2,1H3,(H,23,27). The molecule has 1 aliphatic heterocycles. The van der Waals surface area contributed by atoms with Gasteiger partial charge in [-0.05, 0) is 36.8 Å². The Morgan fingerprint density at radius 2 is 1.75 bits per heavy atom. The molecule has 2 aromatic carbocycles. The van der Waals surface area contributed by atoms with Gasteiger partial charge in [-0.15, -0.1) is 0 Å². The first-order valence-electron chi connectivity index (χ1n) is 9.53. The van der Waals surface area contributed by atoms with Crippen LogP contribution in [0, 0.1) is 6.92 Å². The van der Waals surface area contributed by atoms with Gasteiger partial charge in [0.1, 0.15) is 0 Å². The Balaban J connectivity index is 1.30. The summed E-state index contributed by atoms with van der Waals surface area (Å²) < 4.78 is 4.99. The Hall–Kier alpha value is -3.12. The SMILES string of the molecule is Cc1cc(C(=O)Nc2ccc(N3CCN(Cc4ccccc4)CC3)cc2)on1. The molecule has 1 N–H and O–H groups in total. The molecule has 0 atom stereocenters. The normalized spacial score (nSPS) is 14.8. The number of aromatic nitrogens is 1. The molecule has 1 saturated heterocycles. The van der Waals surface area contributed by atoms with Gasteiger partial charge in [0.25, 0.3) is 5.91 Å². The Kier molecular flexibility index (Phi) is 5.39. The van der Waals surface area contributed by atoms with E-state index in [1.54, 1.807) is 13.0 Å². The van der Waals surface area contributed by atoms with E-state index in [0.29, 0.717) is 5.69 Å². The lowest BCUT2D eigenvalue weighted by Crippen LogP contribution is -2.45. The Bertz CT molecular complexity index is 913. The van der Waals surface area contributed by atoms with Crippen LogP contribution < -0.4 is 10.2 Å². The van der Waals surface area contributed by atoms with Crippen LogP contribution in [0.1, 0.15) is 21.8 Å². The summed E-state index contributed by atoms with van der Waals surface area (Å²) in [5.41, 5.74) is 3.96. The van der Waals surface area contributed by atoms with Gasteiger partial charge in [-0.3, -0.25) is 9.69 Å². The molecule has 4 rings (SSSR count). The molecule has 2 heterocycles. The number of carbonyl (C=O) groups excluding carboxylic acids is 1. The summed E-state index contributed by atoms with van der Waals surface area (Å²) in [7, 11) is 0. The summed E-state index contributed by atoms with van der Waals surface area (Å²) in [6.07, 6.45) is 0. The highest BCUT2D eigenvalue weighted by molar-refractivity contribution is 6.02. The van der Waals surface area contributed by atoms with E-state index in [1.807, 2.05) is 24.3 Å². The first-order valence-corrected chi connectivity index (χ1v) is 9.53. The molecule has 6 heteroatoms. The second kappa shape index (κ2) is 8.27. The van der Waals surface area contributed by atoms with Gasteiger partial charge in [0, 0.05) is 50.2 Å². The predicted molar refractivity (Wildman–Crippen MR) is 110 cm³/mol. The molecule has 0 saturated carbocycles. The van der Waals surface area contributed by atoms with Crippen molar-refractivity contribution in [2.45, 2.75) is 13.5 Å². The molecule has 0 radical (unpaired) electrons. The summed E-state index contributed by atoms with van der Waals surface area (Å²) in [5, 5.41) is 6.58. The fourth-order valence-electron chi connectivity index (χ4n) is 3.42. The van der Waals surface area contributed by atoms with Crippen LogP contribution in [0.15, 0.2) is 65.2 Å². The average Bonchev–Trinajstić information content (AvgIpc) is 3.17. The quantitative estimate of drug-likeness (QED) is 0.738. The molecule has 0 spiro atoms. The van der Waals surface area contributed by atoms with Gasteiger partial charge in [0.2, 0.25) is 5.76 Å². The second-order valence-electron chi connectivity index (χ2n) is 7.08. The maximum atomic E-state index is 12.1. The Morgan fingerprint density at radius 1 is 1.04 bits per heavy atom. The number of nitrogens with one attached hydrogen (secondary N) is 1. The molecule has 0 unspecified atom stereocenters. The molecule has 0 bridgehead atoms. The lowest BCUT2D eigenvalue weighted by molar-refractivity contribution is 0.0988. The van der Waals surface area contributed by atoms with Crippen molar-refractivity contribution < 1.29 is 9.32 Å². The van der Waals surface area contributed by atoms with E-state index in [-0.39, 0.29) is 11.7 Å². The summed E-state index contributed by atoms with van der Waals surface area (Å²) >= 11 is 0. The number of hydrogen-bond acceptors (Lipinski definition) is 5. The van der Waals surface area contributed by atoms with Crippen LogP contribution in [0.25, 0.3) is 0 Å². The third-order valence-corrected chi connectivity index (χ3v) is 4.96. The van der Waals surface area contributed by atoms with Crippen molar-refractivity contribution in [3.63, 3.8) is 0 Å². The number of carbonyl (C=O) groups is 1. The van der Waals surface area contributed by atoms with Gasteiger partial charge >= 0.3 is 0 Å². The molecule has 1 aromatic heterocycles. The van der Waals surface area contributed by atoms with E-state index < -0.39 is 0 Å². The van der Waals surface area contributed by atoms with Crippen molar-refractivity contribution in [2.24, 2.45) is 0 Å². The molecule has 3 aromatic rings. The number of nitrogens with zero attached hydrogens (tertiary/aromatic N) is 3. The van der Waals surface area contributed by atoms with Crippen molar-refractivity contribution >= 4 is 17.3 Å². The predicted octanol–water partition coefficient (Wildman–Crippen LogP) is 3.56. The van der Waals surface area contributed by atoms with Crippen LogP contribution in [0.3, 0.4) is 0 Å². The number of anilines is 2. The van der Waals surface area contributed by atoms with Gasteiger partial charge in [0.15, 0.2) is 0 Å². The third kappa shape index (κ3) is 4.40. The Morgan fingerprint density at radius 3 is 2.39 bits per heavy atom. The highest BCUT2D eigenvalue weighted by atomic mass is 16.5. The number of piperazine rings is 1. The number of amides is 1. The first kappa shape index (κ1) is 18.3. The van der Waals surface area contributed by atoms with Gasteiger partial charge in [-0.2, -0.15) is 0 Å².